The minimum atomic E-state index is -0.583. The lowest BCUT2D eigenvalue weighted by Gasteiger charge is -2.19. The lowest BCUT2D eigenvalue weighted by molar-refractivity contribution is -0.127. The van der Waals surface area contributed by atoms with Crippen LogP contribution >= 0.6 is 0 Å². The van der Waals surface area contributed by atoms with Crippen molar-refractivity contribution in [1.29, 1.82) is 0 Å². The number of benzene rings is 2. The van der Waals surface area contributed by atoms with E-state index in [-0.39, 0.29) is 11.9 Å². The summed E-state index contributed by atoms with van der Waals surface area (Å²) < 4.78 is 11.0. The first kappa shape index (κ1) is 17.9. The van der Waals surface area contributed by atoms with E-state index in [9.17, 15) is 4.79 Å². The van der Waals surface area contributed by atoms with Crippen LogP contribution in [0.4, 0.5) is 0 Å². The zero-order valence-electron chi connectivity index (χ0n) is 14.5. The lowest BCUT2D eigenvalue weighted by Crippen LogP contribution is -2.41. The third-order valence-corrected chi connectivity index (χ3v) is 3.84. The van der Waals surface area contributed by atoms with E-state index in [4.69, 9.17) is 9.47 Å². The van der Waals surface area contributed by atoms with E-state index in [2.05, 4.69) is 17.4 Å². The Morgan fingerprint density at radius 3 is 2.29 bits per heavy atom. The van der Waals surface area contributed by atoms with Crippen LogP contribution in [-0.2, 0) is 11.2 Å². The Labute approximate surface area is 143 Å². The van der Waals surface area contributed by atoms with Crippen LogP contribution in [0, 0.1) is 0 Å². The molecule has 0 heterocycles. The second-order valence-corrected chi connectivity index (χ2v) is 5.84. The van der Waals surface area contributed by atoms with E-state index in [0.717, 1.165) is 12.8 Å². The number of ether oxygens (including phenoxy) is 2. The summed E-state index contributed by atoms with van der Waals surface area (Å²) in [5.74, 6) is 1.07. The molecule has 24 heavy (non-hydrogen) atoms. The summed E-state index contributed by atoms with van der Waals surface area (Å²) in [6.07, 6.45) is 1.24. The summed E-state index contributed by atoms with van der Waals surface area (Å²) in [5.41, 5.74) is 1.27. The second kappa shape index (κ2) is 8.96. The van der Waals surface area contributed by atoms with Gasteiger partial charge in [-0.15, -0.1) is 0 Å². The maximum Gasteiger partial charge on any atom is 0.260 e. The number of rotatable bonds is 8. The van der Waals surface area contributed by atoms with Gasteiger partial charge in [-0.25, -0.2) is 0 Å². The van der Waals surface area contributed by atoms with Gasteiger partial charge < -0.3 is 14.8 Å². The van der Waals surface area contributed by atoms with Crippen molar-refractivity contribution in [2.75, 3.05) is 7.11 Å². The molecule has 1 amide bonds. The van der Waals surface area contributed by atoms with Crippen molar-refractivity contribution in [3.8, 4) is 11.5 Å². The molecule has 4 nitrogen and oxygen atoms in total. The van der Waals surface area contributed by atoms with Gasteiger partial charge in [-0.3, -0.25) is 4.79 Å². The molecule has 0 saturated heterocycles. The van der Waals surface area contributed by atoms with Crippen LogP contribution in [0.5, 0.6) is 11.5 Å². The van der Waals surface area contributed by atoms with Gasteiger partial charge in [-0.1, -0.05) is 42.5 Å². The van der Waals surface area contributed by atoms with E-state index in [1.165, 1.54) is 5.56 Å². The fraction of sp³-hybridized carbons (Fsp3) is 0.350. The monoisotopic (exact) mass is 327 g/mol. The molecule has 0 saturated carbocycles. The standard InChI is InChI=1S/C20H25NO3/c1-15(13-14-17-9-5-4-6-10-17)21-20(22)16(2)24-19-12-8-7-11-18(19)23-3/h4-12,15-16H,13-14H2,1-3H3,(H,21,22)/t15-,16+/m1/s1. The highest BCUT2D eigenvalue weighted by molar-refractivity contribution is 5.81. The molecule has 0 aliphatic rings. The van der Waals surface area contributed by atoms with Crippen LogP contribution in [0.3, 0.4) is 0 Å². The highest BCUT2D eigenvalue weighted by atomic mass is 16.5. The Balaban J connectivity index is 1.82. The molecule has 4 heteroatoms. The fourth-order valence-corrected chi connectivity index (χ4v) is 2.42. The van der Waals surface area contributed by atoms with Crippen LogP contribution in [0.1, 0.15) is 25.8 Å². The second-order valence-electron chi connectivity index (χ2n) is 5.84. The molecule has 2 rings (SSSR count). The average molecular weight is 327 g/mol. The molecule has 0 aliphatic heterocycles. The first-order valence-electron chi connectivity index (χ1n) is 8.24. The maximum atomic E-state index is 12.3. The van der Waals surface area contributed by atoms with Crippen molar-refractivity contribution in [3.63, 3.8) is 0 Å². The molecule has 1 N–H and O–H groups in total. The van der Waals surface area contributed by atoms with E-state index < -0.39 is 6.10 Å². The number of nitrogens with one attached hydrogen (secondary N) is 1. The van der Waals surface area contributed by atoms with Crippen LogP contribution in [0.2, 0.25) is 0 Å². The Kier molecular flexibility index (Phi) is 6.67. The third kappa shape index (κ3) is 5.30. The van der Waals surface area contributed by atoms with Gasteiger partial charge in [0.05, 0.1) is 7.11 Å². The van der Waals surface area contributed by atoms with Crippen LogP contribution in [0.15, 0.2) is 54.6 Å². The van der Waals surface area contributed by atoms with Gasteiger partial charge in [0.1, 0.15) is 0 Å². The molecule has 0 radical (unpaired) electrons. The topological polar surface area (TPSA) is 47.6 Å². The van der Waals surface area contributed by atoms with Gasteiger partial charge in [-0.05, 0) is 44.4 Å². The first-order valence-corrected chi connectivity index (χ1v) is 8.24. The molecule has 2 atom stereocenters. The SMILES string of the molecule is COc1ccccc1O[C@@H](C)C(=O)N[C@H](C)CCc1ccccc1. The highest BCUT2D eigenvalue weighted by Gasteiger charge is 2.18. The lowest BCUT2D eigenvalue weighted by atomic mass is 10.1. The summed E-state index contributed by atoms with van der Waals surface area (Å²) in [5, 5.41) is 3.00. The minimum Gasteiger partial charge on any atom is -0.493 e. The molecule has 0 aromatic heterocycles. The van der Waals surface area contributed by atoms with Gasteiger partial charge in [0.25, 0.3) is 5.91 Å². The zero-order chi connectivity index (χ0) is 17.4. The normalized spacial score (nSPS) is 13.0. The van der Waals surface area contributed by atoms with Gasteiger partial charge in [0, 0.05) is 6.04 Å². The third-order valence-electron chi connectivity index (χ3n) is 3.84. The number of methoxy groups -OCH3 is 1. The summed E-state index contributed by atoms with van der Waals surface area (Å²) in [6, 6.07) is 17.7. The van der Waals surface area contributed by atoms with E-state index >= 15 is 0 Å². The summed E-state index contributed by atoms with van der Waals surface area (Å²) in [7, 11) is 1.58. The molecule has 2 aromatic rings. The van der Waals surface area contributed by atoms with Crippen molar-refractivity contribution in [1.82, 2.24) is 5.32 Å². The van der Waals surface area contributed by atoms with Crippen LogP contribution < -0.4 is 14.8 Å². The molecule has 0 bridgehead atoms. The molecular weight excluding hydrogens is 302 g/mol. The number of hydrogen-bond acceptors (Lipinski definition) is 3. The molecule has 2 aromatic carbocycles. The maximum absolute atomic E-state index is 12.3. The number of carbonyl (C=O) groups is 1. The fourth-order valence-electron chi connectivity index (χ4n) is 2.42. The molecule has 0 unspecified atom stereocenters. The summed E-state index contributed by atoms with van der Waals surface area (Å²) >= 11 is 0. The summed E-state index contributed by atoms with van der Waals surface area (Å²) in [6.45, 7) is 3.75. The van der Waals surface area contributed by atoms with Crippen LogP contribution in [0.25, 0.3) is 0 Å². The summed E-state index contributed by atoms with van der Waals surface area (Å²) in [4.78, 5) is 12.3. The van der Waals surface area contributed by atoms with Gasteiger partial charge in [-0.2, -0.15) is 0 Å². The van der Waals surface area contributed by atoms with E-state index in [1.807, 2.05) is 43.3 Å². The predicted octanol–water partition coefficient (Wildman–Crippen LogP) is 3.60. The first-order chi connectivity index (χ1) is 11.6. The average Bonchev–Trinajstić information content (AvgIpc) is 2.61. The number of aryl methyl sites for hydroxylation is 1. The Morgan fingerprint density at radius 1 is 1.00 bits per heavy atom. The predicted molar refractivity (Wildman–Crippen MR) is 95.5 cm³/mol. The number of amides is 1. The van der Waals surface area contributed by atoms with Gasteiger partial charge in [0.15, 0.2) is 17.6 Å². The van der Waals surface area contributed by atoms with Crippen molar-refractivity contribution in [3.05, 3.63) is 60.2 Å². The van der Waals surface area contributed by atoms with Crippen molar-refractivity contribution < 1.29 is 14.3 Å². The highest BCUT2D eigenvalue weighted by Crippen LogP contribution is 2.26. The minimum absolute atomic E-state index is 0.0847. The molecule has 0 spiro atoms. The number of hydrogen-bond donors (Lipinski definition) is 1. The van der Waals surface area contributed by atoms with Crippen molar-refractivity contribution in [2.24, 2.45) is 0 Å². The molecule has 0 fully saturated rings. The van der Waals surface area contributed by atoms with Gasteiger partial charge >= 0.3 is 0 Å². The Bertz CT molecular complexity index is 642. The smallest absolute Gasteiger partial charge is 0.260 e. The molecular formula is C20H25NO3. The van der Waals surface area contributed by atoms with Crippen molar-refractivity contribution >= 4 is 5.91 Å². The van der Waals surface area contributed by atoms with E-state index in [0.29, 0.717) is 11.5 Å². The van der Waals surface area contributed by atoms with Crippen molar-refractivity contribution in [2.45, 2.75) is 38.8 Å². The zero-order valence-corrected chi connectivity index (χ0v) is 14.5. The Morgan fingerprint density at radius 2 is 1.62 bits per heavy atom. The quantitative estimate of drug-likeness (QED) is 0.806. The van der Waals surface area contributed by atoms with Crippen LogP contribution in [-0.4, -0.2) is 25.2 Å². The van der Waals surface area contributed by atoms with E-state index in [1.54, 1.807) is 20.1 Å². The largest absolute Gasteiger partial charge is 0.493 e. The number of para-hydroxylation sites is 2. The van der Waals surface area contributed by atoms with Gasteiger partial charge in [0.2, 0.25) is 0 Å². The molecule has 0 aliphatic carbocycles. The number of carbonyl (C=O) groups excluding carboxylic acids is 1. The Hall–Kier alpha value is -2.49. The molecule has 128 valence electrons.